The minimum absolute atomic E-state index is 0.173. The molecule has 0 saturated carbocycles. The van der Waals surface area contributed by atoms with Crippen LogP contribution >= 0.6 is 0 Å². The zero-order valence-electron chi connectivity index (χ0n) is 15.3. The van der Waals surface area contributed by atoms with E-state index in [0.717, 1.165) is 38.0 Å². The summed E-state index contributed by atoms with van der Waals surface area (Å²) < 4.78 is 0. The fourth-order valence-electron chi connectivity index (χ4n) is 3.80. The van der Waals surface area contributed by atoms with Crippen molar-refractivity contribution in [2.75, 3.05) is 32.1 Å². The second-order valence-corrected chi connectivity index (χ2v) is 7.19. The molecule has 1 aromatic rings. The Morgan fingerprint density at radius 2 is 2.00 bits per heavy atom. The van der Waals surface area contributed by atoms with Gasteiger partial charge in [0.1, 0.15) is 11.6 Å². The van der Waals surface area contributed by atoms with Gasteiger partial charge in [0.05, 0.1) is 0 Å². The van der Waals surface area contributed by atoms with Gasteiger partial charge in [-0.3, -0.25) is 4.79 Å². The number of piperidine rings is 1. The summed E-state index contributed by atoms with van der Waals surface area (Å²) in [5.74, 6) is -0.173. The van der Waals surface area contributed by atoms with Gasteiger partial charge in [0, 0.05) is 31.0 Å². The molecule has 2 aliphatic rings. The number of carbonyl (C=O) groups is 1. The molecule has 3 rings (SSSR count). The second kappa shape index (κ2) is 7.28. The Morgan fingerprint density at radius 1 is 1.32 bits per heavy atom. The lowest BCUT2D eigenvalue weighted by Crippen LogP contribution is -2.45. The van der Waals surface area contributed by atoms with E-state index in [-0.39, 0.29) is 23.6 Å². The van der Waals surface area contributed by atoms with Crippen LogP contribution in [0.3, 0.4) is 0 Å². The van der Waals surface area contributed by atoms with Crippen LogP contribution in [0.15, 0.2) is 36.0 Å². The highest BCUT2D eigenvalue weighted by Crippen LogP contribution is 2.32. The lowest BCUT2D eigenvalue weighted by atomic mass is 10.0. The number of nitrogens with zero attached hydrogens (tertiary/aromatic N) is 4. The summed E-state index contributed by atoms with van der Waals surface area (Å²) in [6.07, 6.45) is 4.59. The summed E-state index contributed by atoms with van der Waals surface area (Å²) in [6.45, 7) is 4.10. The maximum absolute atomic E-state index is 12.9. The monoisotopic (exact) mass is 338 g/mol. The summed E-state index contributed by atoms with van der Waals surface area (Å²) in [5, 5.41) is 9.58. The molecule has 1 atom stereocenters. The first-order valence-corrected chi connectivity index (χ1v) is 8.95. The predicted molar refractivity (Wildman–Crippen MR) is 99.1 cm³/mol. The van der Waals surface area contributed by atoms with Crippen molar-refractivity contribution in [3.63, 3.8) is 0 Å². The van der Waals surface area contributed by atoms with E-state index >= 15 is 0 Å². The molecule has 5 nitrogen and oxygen atoms in total. The first-order valence-electron chi connectivity index (χ1n) is 8.95. The van der Waals surface area contributed by atoms with E-state index in [9.17, 15) is 10.1 Å². The van der Waals surface area contributed by atoms with Gasteiger partial charge in [-0.15, -0.1) is 0 Å². The number of carbonyl (C=O) groups excluding carboxylic acids is 1. The van der Waals surface area contributed by atoms with Crippen molar-refractivity contribution in [3.05, 3.63) is 41.6 Å². The van der Waals surface area contributed by atoms with Crippen LogP contribution in [0.4, 0.5) is 5.69 Å². The van der Waals surface area contributed by atoms with Crippen LogP contribution in [0.5, 0.6) is 0 Å². The molecule has 25 heavy (non-hydrogen) atoms. The van der Waals surface area contributed by atoms with Gasteiger partial charge in [0.2, 0.25) is 0 Å². The summed E-state index contributed by atoms with van der Waals surface area (Å²) in [4.78, 5) is 19.0. The van der Waals surface area contributed by atoms with Crippen molar-refractivity contribution >= 4 is 11.6 Å². The normalized spacial score (nSPS) is 21.8. The molecule has 5 heteroatoms. The van der Waals surface area contributed by atoms with E-state index in [1.807, 2.05) is 19.2 Å². The summed E-state index contributed by atoms with van der Waals surface area (Å²) in [5.41, 5.74) is 2.57. The predicted octanol–water partition coefficient (Wildman–Crippen LogP) is 2.40. The lowest BCUT2D eigenvalue weighted by Gasteiger charge is -2.35. The highest BCUT2D eigenvalue weighted by Gasteiger charge is 2.29. The smallest absolute Gasteiger partial charge is 0.266 e. The summed E-state index contributed by atoms with van der Waals surface area (Å²) >= 11 is 0. The van der Waals surface area contributed by atoms with Crippen LogP contribution in [0, 0.1) is 11.3 Å². The molecule has 1 amide bonds. The maximum Gasteiger partial charge on any atom is 0.266 e. The number of rotatable bonds is 3. The number of anilines is 1. The number of amides is 1. The average Bonchev–Trinajstić information content (AvgIpc) is 2.94. The SMILES string of the molecule is CC1Cc2ccccc2N1/C=C(/C#N)C(=O)N(C)C1CCN(C)CC1. The number of likely N-dealkylation sites (tertiary alicyclic amines) is 1. The van der Waals surface area contributed by atoms with Gasteiger partial charge in [0.15, 0.2) is 0 Å². The zero-order chi connectivity index (χ0) is 18.0. The molecule has 2 heterocycles. The fraction of sp³-hybridized carbons (Fsp3) is 0.500. The number of hydrogen-bond acceptors (Lipinski definition) is 4. The van der Waals surface area contributed by atoms with Gasteiger partial charge in [-0.1, -0.05) is 18.2 Å². The molecule has 0 aromatic heterocycles. The molecule has 0 bridgehead atoms. The molecule has 0 N–H and O–H groups in total. The Kier molecular flexibility index (Phi) is 5.10. The van der Waals surface area contributed by atoms with E-state index in [4.69, 9.17) is 0 Å². The number of benzene rings is 1. The van der Waals surface area contributed by atoms with Gasteiger partial charge in [-0.05, 0) is 58.0 Å². The van der Waals surface area contributed by atoms with Crippen molar-refractivity contribution < 1.29 is 4.79 Å². The van der Waals surface area contributed by atoms with E-state index in [0.29, 0.717) is 0 Å². The molecule has 1 saturated heterocycles. The average molecular weight is 338 g/mol. The standard InChI is InChI=1S/C20H26N4O/c1-15-12-16-6-4-5-7-19(16)24(15)14-17(13-21)20(25)23(3)18-8-10-22(2)11-9-18/h4-7,14-15,18H,8-12H2,1-3H3/b17-14-. The molecule has 132 valence electrons. The van der Waals surface area contributed by atoms with Crippen molar-refractivity contribution in [2.24, 2.45) is 0 Å². The molecule has 2 aliphatic heterocycles. The topological polar surface area (TPSA) is 50.6 Å². The number of fused-ring (bicyclic) bond motifs is 1. The lowest BCUT2D eigenvalue weighted by molar-refractivity contribution is -0.128. The highest BCUT2D eigenvalue weighted by atomic mass is 16.2. The van der Waals surface area contributed by atoms with Gasteiger partial charge >= 0.3 is 0 Å². The Morgan fingerprint density at radius 3 is 2.68 bits per heavy atom. The zero-order valence-corrected chi connectivity index (χ0v) is 15.3. The van der Waals surface area contributed by atoms with E-state index in [2.05, 4.69) is 42.0 Å². The molecular weight excluding hydrogens is 312 g/mol. The third-order valence-electron chi connectivity index (χ3n) is 5.44. The van der Waals surface area contributed by atoms with Crippen LogP contribution in [0.25, 0.3) is 0 Å². The van der Waals surface area contributed by atoms with Gasteiger partial charge in [-0.25, -0.2) is 0 Å². The van der Waals surface area contributed by atoms with Crippen molar-refractivity contribution in [1.82, 2.24) is 9.80 Å². The Labute approximate surface area is 150 Å². The summed E-state index contributed by atoms with van der Waals surface area (Å²) in [7, 11) is 3.93. The van der Waals surface area contributed by atoms with Gasteiger partial charge in [0.25, 0.3) is 5.91 Å². The van der Waals surface area contributed by atoms with E-state index in [1.165, 1.54) is 5.56 Å². The van der Waals surface area contributed by atoms with E-state index < -0.39 is 0 Å². The fourth-order valence-corrected chi connectivity index (χ4v) is 3.80. The van der Waals surface area contributed by atoms with Crippen LogP contribution in [-0.2, 0) is 11.2 Å². The van der Waals surface area contributed by atoms with Crippen LogP contribution in [0.1, 0.15) is 25.3 Å². The second-order valence-electron chi connectivity index (χ2n) is 7.19. The number of hydrogen-bond donors (Lipinski definition) is 0. The van der Waals surface area contributed by atoms with Crippen LogP contribution in [-0.4, -0.2) is 55.0 Å². The Bertz CT molecular complexity index is 713. The molecule has 0 aliphatic carbocycles. The molecule has 1 aromatic carbocycles. The van der Waals surface area contributed by atoms with Gasteiger partial charge in [-0.2, -0.15) is 5.26 Å². The van der Waals surface area contributed by atoms with Gasteiger partial charge < -0.3 is 14.7 Å². The molecular formula is C20H26N4O. The minimum atomic E-state index is -0.173. The third-order valence-corrected chi connectivity index (χ3v) is 5.44. The molecule has 1 unspecified atom stereocenters. The quantitative estimate of drug-likeness (QED) is 0.627. The number of nitriles is 1. The Balaban J connectivity index is 1.79. The number of likely N-dealkylation sites (N-methyl/N-ethyl adjacent to an activating group) is 1. The van der Waals surface area contributed by atoms with Crippen LogP contribution < -0.4 is 4.90 Å². The largest absolute Gasteiger partial charge is 0.343 e. The van der Waals surface area contributed by atoms with Crippen molar-refractivity contribution in [1.29, 1.82) is 5.26 Å². The molecule has 1 fully saturated rings. The highest BCUT2D eigenvalue weighted by molar-refractivity contribution is 5.97. The molecule has 0 spiro atoms. The first-order chi connectivity index (χ1) is 12.0. The molecule has 0 radical (unpaired) electrons. The number of para-hydroxylation sites is 1. The first kappa shape index (κ1) is 17.5. The van der Waals surface area contributed by atoms with Crippen LogP contribution in [0.2, 0.25) is 0 Å². The maximum atomic E-state index is 12.9. The van der Waals surface area contributed by atoms with E-state index in [1.54, 1.807) is 11.1 Å². The minimum Gasteiger partial charge on any atom is -0.343 e. The third kappa shape index (κ3) is 3.54. The summed E-state index contributed by atoms with van der Waals surface area (Å²) in [6, 6.07) is 10.8. The van der Waals surface area contributed by atoms with Crippen molar-refractivity contribution in [2.45, 2.75) is 38.3 Å². The Hall–Kier alpha value is -2.32. The van der Waals surface area contributed by atoms with Crippen molar-refractivity contribution in [3.8, 4) is 6.07 Å².